The Balaban J connectivity index is 2.65. The lowest BCUT2D eigenvalue weighted by Gasteiger charge is -1.84. The molecular formula is C5H6O2. The van der Waals surface area contributed by atoms with E-state index in [2.05, 4.69) is 13.2 Å². The van der Waals surface area contributed by atoms with Crippen LogP contribution in [0.15, 0.2) is 24.7 Å². The third-order valence-electron chi connectivity index (χ3n) is 0.777. The molecule has 2 heteroatoms. The minimum atomic E-state index is 0.275. The molecule has 1 fully saturated rings. The van der Waals surface area contributed by atoms with Crippen molar-refractivity contribution in [1.29, 1.82) is 0 Å². The van der Waals surface area contributed by atoms with E-state index < -0.39 is 0 Å². The molecule has 0 unspecified atom stereocenters. The largest absolute Gasteiger partial charge is 0.454 e. The molecule has 0 atom stereocenters. The highest BCUT2D eigenvalue weighted by Crippen LogP contribution is 2.15. The number of hydrogen-bond donors (Lipinski definition) is 0. The van der Waals surface area contributed by atoms with Crippen molar-refractivity contribution in [2.75, 3.05) is 6.79 Å². The van der Waals surface area contributed by atoms with Gasteiger partial charge in [0.2, 0.25) is 6.79 Å². The Hall–Kier alpha value is -0.920. The molecule has 1 saturated heterocycles. The second-order valence-corrected chi connectivity index (χ2v) is 1.25. The fourth-order valence-corrected chi connectivity index (χ4v) is 0.333. The summed E-state index contributed by atoms with van der Waals surface area (Å²) in [6, 6.07) is 0. The molecule has 2 nitrogen and oxygen atoms in total. The summed E-state index contributed by atoms with van der Waals surface area (Å²) in [6.07, 6.45) is 0. The highest BCUT2D eigenvalue weighted by Gasteiger charge is 2.08. The van der Waals surface area contributed by atoms with Crippen molar-refractivity contribution in [3.05, 3.63) is 24.7 Å². The van der Waals surface area contributed by atoms with Gasteiger partial charge in [0.25, 0.3) is 0 Å². The zero-order valence-corrected chi connectivity index (χ0v) is 3.94. The first kappa shape index (κ1) is 4.24. The molecule has 1 heterocycles. The lowest BCUT2D eigenvalue weighted by Crippen LogP contribution is -1.74. The zero-order valence-electron chi connectivity index (χ0n) is 3.94. The Morgan fingerprint density at radius 2 is 1.57 bits per heavy atom. The Morgan fingerprint density at radius 3 is 1.71 bits per heavy atom. The molecule has 0 bridgehead atoms. The van der Waals surface area contributed by atoms with Crippen LogP contribution in [0.1, 0.15) is 0 Å². The van der Waals surface area contributed by atoms with Crippen LogP contribution in [0.4, 0.5) is 0 Å². The van der Waals surface area contributed by atoms with Crippen molar-refractivity contribution < 1.29 is 9.47 Å². The van der Waals surface area contributed by atoms with Crippen LogP contribution >= 0.6 is 0 Å². The second-order valence-electron chi connectivity index (χ2n) is 1.25. The molecule has 0 aliphatic carbocycles. The molecule has 1 rings (SSSR count). The van der Waals surface area contributed by atoms with E-state index in [4.69, 9.17) is 9.47 Å². The Morgan fingerprint density at radius 1 is 1.14 bits per heavy atom. The third kappa shape index (κ3) is 0.585. The summed E-state index contributed by atoms with van der Waals surface area (Å²) in [5.41, 5.74) is 0. The van der Waals surface area contributed by atoms with Gasteiger partial charge in [-0.2, -0.15) is 0 Å². The number of hydrogen-bond acceptors (Lipinski definition) is 2. The van der Waals surface area contributed by atoms with E-state index in [0.29, 0.717) is 11.5 Å². The molecule has 38 valence electrons. The monoisotopic (exact) mass is 98.0 g/mol. The van der Waals surface area contributed by atoms with Crippen LogP contribution in [-0.4, -0.2) is 6.79 Å². The van der Waals surface area contributed by atoms with Gasteiger partial charge in [0.05, 0.1) is 0 Å². The smallest absolute Gasteiger partial charge is 0.231 e. The Kier molecular flexibility index (Phi) is 0.785. The van der Waals surface area contributed by atoms with Gasteiger partial charge in [-0.15, -0.1) is 0 Å². The summed E-state index contributed by atoms with van der Waals surface area (Å²) in [5.74, 6) is 1.08. The maximum absolute atomic E-state index is 4.75. The average Bonchev–Trinajstić information content (AvgIpc) is 1.91. The highest BCUT2D eigenvalue weighted by molar-refractivity contribution is 5.14. The summed E-state index contributed by atoms with van der Waals surface area (Å²) in [6.45, 7) is 7.25. The predicted molar refractivity (Wildman–Crippen MR) is 25.3 cm³/mol. The summed E-state index contributed by atoms with van der Waals surface area (Å²) in [5, 5.41) is 0. The van der Waals surface area contributed by atoms with E-state index in [0.717, 1.165) is 0 Å². The molecule has 0 N–H and O–H groups in total. The summed E-state index contributed by atoms with van der Waals surface area (Å²) < 4.78 is 9.50. The van der Waals surface area contributed by atoms with Crippen LogP contribution in [0.25, 0.3) is 0 Å². The maximum atomic E-state index is 4.75. The van der Waals surface area contributed by atoms with Gasteiger partial charge in [0, 0.05) is 0 Å². The van der Waals surface area contributed by atoms with Crippen LogP contribution in [0.2, 0.25) is 0 Å². The molecular weight excluding hydrogens is 92.1 g/mol. The molecule has 1 aliphatic heterocycles. The molecule has 0 aromatic carbocycles. The van der Waals surface area contributed by atoms with Crippen LogP contribution in [0.5, 0.6) is 0 Å². The van der Waals surface area contributed by atoms with Gasteiger partial charge in [-0.05, 0) is 0 Å². The highest BCUT2D eigenvalue weighted by atomic mass is 16.7. The van der Waals surface area contributed by atoms with Crippen molar-refractivity contribution in [1.82, 2.24) is 0 Å². The standard InChI is InChI=1S/C5H6O2/c1-4-5(2)7-3-6-4/h1-3H2. The summed E-state index contributed by atoms with van der Waals surface area (Å²) in [7, 11) is 0. The third-order valence-corrected chi connectivity index (χ3v) is 0.777. The molecule has 0 radical (unpaired) electrons. The van der Waals surface area contributed by atoms with Gasteiger partial charge in [0.15, 0.2) is 11.5 Å². The van der Waals surface area contributed by atoms with Crippen molar-refractivity contribution in [2.24, 2.45) is 0 Å². The van der Waals surface area contributed by atoms with Gasteiger partial charge >= 0.3 is 0 Å². The van der Waals surface area contributed by atoms with Gasteiger partial charge in [-0.25, -0.2) is 0 Å². The molecule has 7 heavy (non-hydrogen) atoms. The quantitative estimate of drug-likeness (QED) is 0.450. The Bertz CT molecular complexity index is 101. The molecule has 0 saturated carbocycles. The minimum absolute atomic E-state index is 0.275. The fourth-order valence-electron chi connectivity index (χ4n) is 0.333. The molecule has 0 aromatic rings. The van der Waals surface area contributed by atoms with Gasteiger partial charge in [-0.3, -0.25) is 0 Å². The van der Waals surface area contributed by atoms with E-state index in [1.54, 1.807) is 0 Å². The summed E-state index contributed by atoms with van der Waals surface area (Å²) in [4.78, 5) is 0. The molecule has 0 spiro atoms. The number of ether oxygens (including phenoxy) is 2. The van der Waals surface area contributed by atoms with Crippen LogP contribution in [-0.2, 0) is 9.47 Å². The van der Waals surface area contributed by atoms with E-state index in [-0.39, 0.29) is 6.79 Å². The SMILES string of the molecule is C=C1OCOC1=C. The first-order valence-corrected chi connectivity index (χ1v) is 1.94. The second kappa shape index (κ2) is 1.30. The first-order chi connectivity index (χ1) is 3.30. The van der Waals surface area contributed by atoms with E-state index in [1.165, 1.54) is 0 Å². The first-order valence-electron chi connectivity index (χ1n) is 1.94. The van der Waals surface area contributed by atoms with E-state index in [1.807, 2.05) is 0 Å². The van der Waals surface area contributed by atoms with Crippen LogP contribution in [0.3, 0.4) is 0 Å². The van der Waals surface area contributed by atoms with Crippen molar-refractivity contribution in [3.8, 4) is 0 Å². The van der Waals surface area contributed by atoms with Crippen LogP contribution < -0.4 is 0 Å². The Labute approximate surface area is 42.0 Å². The minimum Gasteiger partial charge on any atom is -0.454 e. The van der Waals surface area contributed by atoms with Gasteiger partial charge in [0.1, 0.15) is 0 Å². The van der Waals surface area contributed by atoms with Crippen molar-refractivity contribution in [3.63, 3.8) is 0 Å². The van der Waals surface area contributed by atoms with Gasteiger partial charge in [-0.1, -0.05) is 13.2 Å². The van der Waals surface area contributed by atoms with E-state index >= 15 is 0 Å². The van der Waals surface area contributed by atoms with Crippen molar-refractivity contribution >= 4 is 0 Å². The molecule has 0 aromatic heterocycles. The molecule has 0 amide bonds. The van der Waals surface area contributed by atoms with Gasteiger partial charge < -0.3 is 9.47 Å². The fraction of sp³-hybridized carbons (Fsp3) is 0.200. The predicted octanol–water partition coefficient (Wildman–Crippen LogP) is 1.02. The van der Waals surface area contributed by atoms with Crippen molar-refractivity contribution in [2.45, 2.75) is 0 Å². The van der Waals surface area contributed by atoms with Crippen LogP contribution in [0, 0.1) is 0 Å². The average molecular weight is 98.1 g/mol. The molecule has 1 aliphatic rings. The van der Waals surface area contributed by atoms with E-state index in [9.17, 15) is 0 Å². The summed E-state index contributed by atoms with van der Waals surface area (Å²) >= 11 is 0. The zero-order chi connectivity index (χ0) is 5.28. The normalized spacial score (nSPS) is 18.9. The lowest BCUT2D eigenvalue weighted by molar-refractivity contribution is 0.0983. The number of rotatable bonds is 0. The topological polar surface area (TPSA) is 18.5 Å². The maximum Gasteiger partial charge on any atom is 0.231 e. The lowest BCUT2D eigenvalue weighted by atomic mass is 10.5.